The molecule has 0 aliphatic carbocycles. The number of nitrogens with one attached hydrogen (secondary N) is 2. The number of ether oxygens (including phenoxy) is 2. The number of rotatable bonds is 7. The van der Waals surface area contributed by atoms with E-state index in [2.05, 4.69) is 35.8 Å². The number of carbonyl (C=O) groups is 1. The average molecular weight is 523 g/mol. The minimum atomic E-state index is -4.81. The van der Waals surface area contributed by atoms with Gasteiger partial charge in [-0.05, 0) is 26.8 Å². The first-order valence-corrected chi connectivity index (χ1v) is 11.4. The maximum absolute atomic E-state index is 13.8. The molecule has 0 saturated carbocycles. The molecule has 0 aliphatic rings. The molecule has 4 aromatic heterocycles. The molecule has 0 bridgehead atoms. The Morgan fingerprint density at radius 3 is 2.53 bits per heavy atom. The molecule has 1 atom stereocenters. The highest BCUT2D eigenvalue weighted by Crippen LogP contribution is 2.38. The first-order chi connectivity index (χ1) is 17.1. The van der Waals surface area contributed by atoms with Crippen molar-refractivity contribution in [3.8, 4) is 11.7 Å². The number of urea groups is 1. The Hall–Kier alpha value is -3.85. The predicted octanol–water partition coefficient (Wildman–Crippen LogP) is 4.74. The number of nitrogens with zero attached hydrogens (tertiary/aromatic N) is 6. The largest absolute Gasteiger partial charge is 0.476 e. The maximum Gasteiger partial charge on any atom is 0.420 e. The number of pyridine rings is 2. The fraction of sp³-hybridized carbons (Fsp3) is 0.333. The van der Waals surface area contributed by atoms with Gasteiger partial charge in [0.2, 0.25) is 5.88 Å². The fourth-order valence-electron chi connectivity index (χ4n) is 3.41. The van der Waals surface area contributed by atoms with Crippen LogP contribution < -0.4 is 15.4 Å². The van der Waals surface area contributed by atoms with Gasteiger partial charge in [-0.15, -0.1) is 4.80 Å². The van der Waals surface area contributed by atoms with E-state index >= 15 is 0 Å². The van der Waals surface area contributed by atoms with Crippen molar-refractivity contribution >= 4 is 39.1 Å². The molecular weight excluding hydrogens is 501 g/mol. The summed E-state index contributed by atoms with van der Waals surface area (Å²) in [5.41, 5.74) is -0.0124. The molecule has 2 N–H and O–H groups in total. The zero-order valence-corrected chi connectivity index (χ0v) is 20.4. The number of alkyl halides is 3. The lowest BCUT2D eigenvalue weighted by atomic mass is 10.1. The Morgan fingerprint density at radius 1 is 1.19 bits per heavy atom. The smallest absolute Gasteiger partial charge is 0.420 e. The highest BCUT2D eigenvalue weighted by molar-refractivity contribution is 7.18. The number of hydrogen-bond acceptors (Lipinski definition) is 9. The number of amides is 2. The monoisotopic (exact) mass is 522 g/mol. The lowest BCUT2D eigenvalue weighted by molar-refractivity contribution is -0.137. The van der Waals surface area contributed by atoms with Gasteiger partial charge in [0, 0.05) is 12.7 Å². The zero-order valence-electron chi connectivity index (χ0n) is 19.5. The molecule has 4 rings (SSSR count). The predicted molar refractivity (Wildman–Crippen MR) is 126 cm³/mol. The number of methoxy groups -OCH3 is 1. The van der Waals surface area contributed by atoms with E-state index in [1.807, 2.05) is 6.92 Å². The van der Waals surface area contributed by atoms with Crippen molar-refractivity contribution in [2.24, 2.45) is 0 Å². The molecule has 0 radical (unpaired) electrons. The van der Waals surface area contributed by atoms with E-state index in [9.17, 15) is 18.0 Å². The number of hydrogen-bond donors (Lipinski definition) is 2. The van der Waals surface area contributed by atoms with Gasteiger partial charge < -0.3 is 20.1 Å². The first-order valence-electron chi connectivity index (χ1n) is 10.6. The van der Waals surface area contributed by atoms with Crippen molar-refractivity contribution in [1.82, 2.24) is 29.9 Å². The van der Waals surface area contributed by atoms with Gasteiger partial charge in [0.05, 0.1) is 42.0 Å². The van der Waals surface area contributed by atoms with Crippen LogP contribution in [0.15, 0.2) is 24.7 Å². The van der Waals surface area contributed by atoms with Crippen molar-refractivity contribution in [3.63, 3.8) is 0 Å². The molecular formula is C21H21F3N8O3S. The molecule has 0 aromatic carbocycles. The summed E-state index contributed by atoms with van der Waals surface area (Å²) in [6, 6.07) is -0.117. The summed E-state index contributed by atoms with van der Waals surface area (Å²) >= 11 is 1.39. The Labute approximate surface area is 206 Å². The summed E-state index contributed by atoms with van der Waals surface area (Å²) in [6.07, 6.45) is -1.39. The summed E-state index contributed by atoms with van der Waals surface area (Å²) in [4.78, 5) is 27.1. The van der Waals surface area contributed by atoms with E-state index in [0.29, 0.717) is 21.6 Å². The lowest BCUT2D eigenvalue weighted by Crippen LogP contribution is -2.23. The summed E-state index contributed by atoms with van der Waals surface area (Å²) in [7, 11) is 1.51. The number of aryl methyl sites for hydroxylation is 1. The third-order valence-electron chi connectivity index (χ3n) is 4.99. The zero-order chi connectivity index (χ0) is 26.0. The second kappa shape index (κ2) is 10.0. The summed E-state index contributed by atoms with van der Waals surface area (Å²) in [5, 5.41) is 13.3. The Kier molecular flexibility index (Phi) is 7.03. The van der Waals surface area contributed by atoms with Gasteiger partial charge in [-0.2, -0.15) is 28.4 Å². The van der Waals surface area contributed by atoms with E-state index in [1.165, 1.54) is 37.0 Å². The fourth-order valence-corrected chi connectivity index (χ4v) is 4.19. The highest BCUT2D eigenvalue weighted by Gasteiger charge is 2.37. The minimum absolute atomic E-state index is 0.0832. The van der Waals surface area contributed by atoms with Gasteiger partial charge in [-0.3, -0.25) is 0 Å². The lowest BCUT2D eigenvalue weighted by Gasteiger charge is -2.18. The first kappa shape index (κ1) is 25.2. The number of aromatic nitrogens is 6. The Morgan fingerprint density at radius 2 is 1.89 bits per heavy atom. The Bertz CT molecular complexity index is 1390. The van der Waals surface area contributed by atoms with Crippen molar-refractivity contribution in [3.05, 3.63) is 40.8 Å². The van der Waals surface area contributed by atoms with Crippen LogP contribution in [0.1, 0.15) is 36.1 Å². The second-order valence-electron chi connectivity index (χ2n) is 7.39. The van der Waals surface area contributed by atoms with Gasteiger partial charge in [0.25, 0.3) is 0 Å². The normalized spacial score (nSPS) is 12.5. The third kappa shape index (κ3) is 5.06. The van der Waals surface area contributed by atoms with Crippen molar-refractivity contribution in [2.45, 2.75) is 33.1 Å². The molecule has 0 unspecified atom stereocenters. The van der Waals surface area contributed by atoms with Crippen LogP contribution in [0, 0.1) is 6.92 Å². The van der Waals surface area contributed by atoms with Gasteiger partial charge in [0.1, 0.15) is 21.6 Å². The van der Waals surface area contributed by atoms with Crippen LogP contribution in [0.5, 0.6) is 5.88 Å². The van der Waals surface area contributed by atoms with Crippen LogP contribution in [-0.2, 0) is 10.9 Å². The SMILES string of the molecule is CCOc1nc(-n2nccn2)c(C(F)(F)F)cc1NC(=O)Nc1cnc2sc(C)nc2c1[C@H](C)OC. The van der Waals surface area contributed by atoms with Crippen molar-refractivity contribution in [1.29, 1.82) is 0 Å². The molecule has 2 amide bonds. The van der Waals surface area contributed by atoms with E-state index in [0.717, 1.165) is 15.9 Å². The van der Waals surface area contributed by atoms with E-state index in [4.69, 9.17) is 9.47 Å². The third-order valence-corrected chi connectivity index (χ3v) is 5.87. The van der Waals surface area contributed by atoms with Gasteiger partial charge >= 0.3 is 12.2 Å². The van der Waals surface area contributed by atoms with E-state index in [1.54, 1.807) is 13.8 Å². The van der Waals surface area contributed by atoms with Crippen LogP contribution in [0.2, 0.25) is 0 Å². The molecule has 0 saturated heterocycles. The number of carbonyl (C=O) groups excluding carboxylic acids is 1. The topological polar surface area (TPSA) is 129 Å². The maximum atomic E-state index is 13.8. The highest BCUT2D eigenvalue weighted by atomic mass is 32.1. The molecule has 0 spiro atoms. The molecule has 15 heteroatoms. The molecule has 4 heterocycles. The van der Waals surface area contributed by atoms with E-state index in [-0.39, 0.29) is 18.2 Å². The number of halogens is 3. The van der Waals surface area contributed by atoms with Crippen LogP contribution in [0.4, 0.5) is 29.3 Å². The molecule has 190 valence electrons. The number of anilines is 2. The van der Waals surface area contributed by atoms with Gasteiger partial charge in [0.15, 0.2) is 5.82 Å². The standard InChI is InChI=1S/C21H21F3N8O3S/c1-5-35-18-13(8-12(21(22,23)24)17(31-18)32-26-6-7-27-32)29-20(33)30-14-9-25-19-16(28-11(3)36-19)15(14)10(2)34-4/h6-10H,5H2,1-4H3,(H2,29,30,33)/t10-/m0/s1. The van der Waals surface area contributed by atoms with E-state index < -0.39 is 29.7 Å². The number of thiazole rings is 1. The molecule has 4 aromatic rings. The summed E-state index contributed by atoms with van der Waals surface area (Å²) < 4.78 is 52.4. The van der Waals surface area contributed by atoms with Gasteiger partial charge in [-0.1, -0.05) is 11.3 Å². The van der Waals surface area contributed by atoms with Crippen LogP contribution in [0.25, 0.3) is 16.2 Å². The Balaban J connectivity index is 1.71. The van der Waals surface area contributed by atoms with Crippen LogP contribution >= 0.6 is 11.3 Å². The molecule has 36 heavy (non-hydrogen) atoms. The molecule has 0 aliphatic heterocycles. The number of fused-ring (bicyclic) bond motifs is 1. The summed E-state index contributed by atoms with van der Waals surface area (Å²) in [5.74, 6) is -0.825. The van der Waals surface area contributed by atoms with Crippen molar-refractivity contribution < 1.29 is 27.4 Å². The summed E-state index contributed by atoms with van der Waals surface area (Å²) in [6.45, 7) is 5.32. The van der Waals surface area contributed by atoms with Gasteiger partial charge in [-0.25, -0.2) is 14.8 Å². The second-order valence-corrected chi connectivity index (χ2v) is 8.57. The average Bonchev–Trinajstić information content (AvgIpc) is 3.48. The minimum Gasteiger partial charge on any atom is -0.476 e. The molecule has 11 nitrogen and oxygen atoms in total. The molecule has 0 fully saturated rings. The van der Waals surface area contributed by atoms with Crippen LogP contribution in [0.3, 0.4) is 0 Å². The quantitative estimate of drug-likeness (QED) is 0.356. The van der Waals surface area contributed by atoms with Crippen molar-refractivity contribution in [2.75, 3.05) is 24.4 Å². The van der Waals surface area contributed by atoms with Crippen LogP contribution in [-0.4, -0.2) is 49.7 Å².